The zero-order valence-electron chi connectivity index (χ0n) is 12.3. The first-order valence-electron chi connectivity index (χ1n) is 7.56. The van der Waals surface area contributed by atoms with Crippen LogP contribution in [0.25, 0.3) is 0 Å². The number of hydrogen-bond donors (Lipinski definition) is 1. The van der Waals surface area contributed by atoms with Crippen molar-refractivity contribution in [2.24, 2.45) is 0 Å². The summed E-state index contributed by atoms with van der Waals surface area (Å²) in [4.78, 5) is 2.14. The maximum atomic E-state index is 14.2. The summed E-state index contributed by atoms with van der Waals surface area (Å²) in [6, 6.07) is 9.69. The minimum absolute atomic E-state index is 0.140. The normalized spacial score (nSPS) is 14.4. The van der Waals surface area contributed by atoms with Crippen molar-refractivity contribution >= 4 is 5.69 Å². The Kier molecular flexibility index (Phi) is 4.25. The maximum absolute atomic E-state index is 14.2. The van der Waals surface area contributed by atoms with Gasteiger partial charge in [-0.15, -0.1) is 0 Å². The quantitative estimate of drug-likeness (QED) is 0.842. The molecule has 1 aliphatic rings. The Balaban J connectivity index is 1.81. The molecule has 1 saturated carbocycles. The Morgan fingerprint density at radius 2 is 2.14 bits per heavy atom. The van der Waals surface area contributed by atoms with E-state index in [0.29, 0.717) is 19.1 Å². The van der Waals surface area contributed by atoms with E-state index in [-0.39, 0.29) is 5.82 Å². The fraction of sp³-hybridized carbons (Fsp3) is 0.412. The highest BCUT2D eigenvalue weighted by atomic mass is 19.1. The Morgan fingerprint density at radius 3 is 2.81 bits per heavy atom. The first kappa shape index (κ1) is 14.1. The maximum Gasteiger partial charge on any atom is 0.129 e. The van der Waals surface area contributed by atoms with Crippen LogP contribution in [0.1, 0.15) is 31.1 Å². The van der Waals surface area contributed by atoms with Crippen molar-refractivity contribution in [3.8, 4) is 0 Å². The summed E-state index contributed by atoms with van der Waals surface area (Å²) in [5, 5.41) is 3.40. The van der Waals surface area contributed by atoms with Crippen molar-refractivity contribution < 1.29 is 8.81 Å². The summed E-state index contributed by atoms with van der Waals surface area (Å²) in [5.74, 6) is 0.751. The molecule has 0 unspecified atom stereocenters. The van der Waals surface area contributed by atoms with Crippen molar-refractivity contribution in [2.75, 3.05) is 11.4 Å². The molecule has 0 atom stereocenters. The van der Waals surface area contributed by atoms with E-state index in [1.54, 1.807) is 12.3 Å². The summed E-state index contributed by atoms with van der Waals surface area (Å²) in [6.07, 6.45) is 4.08. The standard InChI is InChI=1S/C17H21FN2O/c1-2-20(12-14-5-4-10-21-14)17-7-3-6-16(18)15(17)11-19-13-8-9-13/h3-7,10,13,19H,2,8-9,11-12H2,1H3. The smallest absolute Gasteiger partial charge is 0.129 e. The second-order valence-electron chi connectivity index (χ2n) is 5.49. The molecule has 2 aromatic rings. The third-order valence-corrected chi connectivity index (χ3v) is 3.89. The largest absolute Gasteiger partial charge is 0.467 e. The van der Waals surface area contributed by atoms with Crippen LogP contribution in [0.3, 0.4) is 0 Å². The van der Waals surface area contributed by atoms with Crippen molar-refractivity contribution in [1.82, 2.24) is 5.32 Å². The van der Waals surface area contributed by atoms with Crippen molar-refractivity contribution in [2.45, 2.75) is 38.9 Å². The lowest BCUT2D eigenvalue weighted by molar-refractivity contribution is 0.502. The Labute approximate surface area is 124 Å². The lowest BCUT2D eigenvalue weighted by atomic mass is 10.1. The van der Waals surface area contributed by atoms with Gasteiger partial charge in [0.05, 0.1) is 12.8 Å². The average Bonchev–Trinajstić information content (AvgIpc) is 3.18. The highest BCUT2D eigenvalue weighted by molar-refractivity contribution is 5.54. The van der Waals surface area contributed by atoms with Crippen molar-refractivity contribution in [3.05, 3.63) is 53.7 Å². The Morgan fingerprint density at radius 1 is 1.29 bits per heavy atom. The summed E-state index contributed by atoms with van der Waals surface area (Å²) in [5.41, 5.74) is 1.69. The molecule has 3 nitrogen and oxygen atoms in total. The first-order chi connectivity index (χ1) is 10.3. The van der Waals surface area contributed by atoms with Crippen molar-refractivity contribution in [1.29, 1.82) is 0 Å². The van der Waals surface area contributed by atoms with Crippen LogP contribution in [-0.4, -0.2) is 12.6 Å². The van der Waals surface area contributed by atoms with Crippen LogP contribution < -0.4 is 10.2 Å². The van der Waals surface area contributed by atoms with Crippen molar-refractivity contribution in [3.63, 3.8) is 0 Å². The molecule has 0 amide bonds. The van der Waals surface area contributed by atoms with Crippen LogP contribution in [0.2, 0.25) is 0 Å². The summed E-state index contributed by atoms with van der Waals surface area (Å²) >= 11 is 0. The molecule has 0 spiro atoms. The molecule has 1 aromatic heterocycles. The van der Waals surface area contributed by atoms with Gasteiger partial charge in [-0.2, -0.15) is 0 Å². The molecular weight excluding hydrogens is 267 g/mol. The molecule has 1 N–H and O–H groups in total. The van der Waals surface area contributed by atoms with Gasteiger partial charge in [0.1, 0.15) is 11.6 Å². The molecule has 0 bridgehead atoms. The topological polar surface area (TPSA) is 28.4 Å². The van der Waals surface area contributed by atoms with E-state index in [1.165, 1.54) is 18.9 Å². The van der Waals surface area contributed by atoms with Gasteiger partial charge >= 0.3 is 0 Å². The predicted molar refractivity (Wildman–Crippen MR) is 81.7 cm³/mol. The van der Waals surface area contributed by atoms with Crippen LogP contribution in [0, 0.1) is 5.82 Å². The molecule has 1 fully saturated rings. The molecule has 1 heterocycles. The lowest BCUT2D eigenvalue weighted by Gasteiger charge is -2.25. The van der Waals surface area contributed by atoms with Crippen LogP contribution in [0.5, 0.6) is 0 Å². The zero-order valence-corrected chi connectivity index (χ0v) is 12.3. The average molecular weight is 288 g/mol. The molecule has 3 rings (SSSR count). The first-order valence-corrected chi connectivity index (χ1v) is 7.56. The minimum Gasteiger partial charge on any atom is -0.467 e. The fourth-order valence-corrected chi connectivity index (χ4v) is 2.51. The molecular formula is C17H21FN2O. The van der Waals surface area contributed by atoms with Gasteiger partial charge in [0, 0.05) is 30.4 Å². The summed E-state index contributed by atoms with van der Waals surface area (Å²) in [6.45, 7) is 4.12. The summed E-state index contributed by atoms with van der Waals surface area (Å²) < 4.78 is 19.6. The number of rotatable bonds is 7. The van der Waals surface area contributed by atoms with E-state index in [0.717, 1.165) is 23.6 Å². The Hall–Kier alpha value is -1.81. The number of halogens is 1. The lowest BCUT2D eigenvalue weighted by Crippen LogP contribution is -2.25. The molecule has 0 radical (unpaired) electrons. The van der Waals surface area contributed by atoms with E-state index < -0.39 is 0 Å². The van der Waals surface area contributed by atoms with Gasteiger partial charge in [-0.05, 0) is 44.0 Å². The van der Waals surface area contributed by atoms with E-state index in [2.05, 4.69) is 17.1 Å². The third kappa shape index (κ3) is 3.45. The SMILES string of the molecule is CCN(Cc1ccco1)c1cccc(F)c1CNC1CC1. The van der Waals surface area contributed by atoms with Crippen LogP contribution >= 0.6 is 0 Å². The van der Waals surface area contributed by atoms with E-state index in [9.17, 15) is 4.39 Å². The van der Waals surface area contributed by atoms with Gasteiger partial charge in [-0.25, -0.2) is 4.39 Å². The molecule has 21 heavy (non-hydrogen) atoms. The Bertz CT molecular complexity index is 578. The van der Waals surface area contributed by atoms with Gasteiger partial charge in [0.15, 0.2) is 0 Å². The van der Waals surface area contributed by atoms with E-state index in [4.69, 9.17) is 4.42 Å². The van der Waals surface area contributed by atoms with Gasteiger partial charge in [-0.1, -0.05) is 6.07 Å². The predicted octanol–water partition coefficient (Wildman–Crippen LogP) is 3.70. The molecule has 1 aliphatic carbocycles. The van der Waals surface area contributed by atoms with Gasteiger partial charge in [-0.3, -0.25) is 0 Å². The second-order valence-corrected chi connectivity index (χ2v) is 5.49. The molecule has 0 aliphatic heterocycles. The number of nitrogens with zero attached hydrogens (tertiary/aromatic N) is 1. The number of furan rings is 1. The number of benzene rings is 1. The van der Waals surface area contributed by atoms with Gasteiger partial charge in [0.2, 0.25) is 0 Å². The second kappa shape index (κ2) is 6.31. The zero-order chi connectivity index (χ0) is 14.7. The highest BCUT2D eigenvalue weighted by Gasteiger charge is 2.22. The van der Waals surface area contributed by atoms with Gasteiger partial charge in [0.25, 0.3) is 0 Å². The highest BCUT2D eigenvalue weighted by Crippen LogP contribution is 2.27. The third-order valence-electron chi connectivity index (χ3n) is 3.89. The number of nitrogens with one attached hydrogen (secondary N) is 1. The van der Waals surface area contributed by atoms with Crippen LogP contribution in [0.4, 0.5) is 10.1 Å². The number of hydrogen-bond acceptors (Lipinski definition) is 3. The molecule has 1 aromatic carbocycles. The fourth-order valence-electron chi connectivity index (χ4n) is 2.51. The number of anilines is 1. The molecule has 112 valence electrons. The minimum atomic E-state index is -0.140. The molecule has 4 heteroatoms. The monoisotopic (exact) mass is 288 g/mol. The summed E-state index contributed by atoms with van der Waals surface area (Å²) in [7, 11) is 0. The van der Waals surface area contributed by atoms with Crippen LogP contribution in [-0.2, 0) is 13.1 Å². The van der Waals surface area contributed by atoms with Crippen LogP contribution in [0.15, 0.2) is 41.0 Å². The molecule has 0 saturated heterocycles. The van der Waals surface area contributed by atoms with E-state index in [1.807, 2.05) is 18.2 Å². The van der Waals surface area contributed by atoms with Gasteiger partial charge < -0.3 is 14.6 Å². The van der Waals surface area contributed by atoms with E-state index >= 15 is 0 Å².